The van der Waals surface area contributed by atoms with E-state index in [2.05, 4.69) is 244 Å². The molecule has 58 heavy (non-hydrogen) atoms. The summed E-state index contributed by atoms with van der Waals surface area (Å²) >= 11 is 0. The first-order valence-electron chi connectivity index (χ1n) is 20.1. The van der Waals surface area contributed by atoms with Gasteiger partial charge >= 0.3 is 0 Å². The minimum absolute atomic E-state index is 1.13. The Hall–Kier alpha value is -7.16. The number of nitrogens with zero attached hydrogens (tertiary/aromatic N) is 2. The monoisotopic (exact) mass is 746 g/mol. The van der Waals surface area contributed by atoms with Crippen LogP contribution in [-0.2, 0) is 0 Å². The summed E-state index contributed by atoms with van der Waals surface area (Å²) in [5.41, 5.74) is 16.6. The second-order valence-corrected chi connectivity index (χ2v) is 15.4. The number of aryl methyl sites for hydroxylation is 4. The van der Waals surface area contributed by atoms with E-state index in [-0.39, 0.29) is 0 Å². The van der Waals surface area contributed by atoms with Crippen LogP contribution in [-0.4, -0.2) is 0 Å². The third-order valence-electron chi connectivity index (χ3n) is 11.1. The highest BCUT2D eigenvalue weighted by Crippen LogP contribution is 2.39. The molecule has 9 aromatic rings. The van der Waals surface area contributed by atoms with Crippen molar-refractivity contribution < 1.29 is 0 Å². The van der Waals surface area contributed by atoms with Gasteiger partial charge in [-0.1, -0.05) is 150 Å². The Bertz CT molecular complexity index is 2790. The van der Waals surface area contributed by atoms with Crippen molar-refractivity contribution in [1.29, 1.82) is 0 Å². The molecule has 0 radical (unpaired) electrons. The van der Waals surface area contributed by atoms with E-state index in [4.69, 9.17) is 0 Å². The molecule has 0 aliphatic heterocycles. The Labute approximate surface area is 342 Å². The molecule has 0 N–H and O–H groups in total. The number of hydrogen-bond donors (Lipinski definition) is 0. The molecule has 0 spiro atoms. The van der Waals surface area contributed by atoms with Crippen LogP contribution >= 0.6 is 0 Å². The van der Waals surface area contributed by atoms with Crippen molar-refractivity contribution in [2.75, 3.05) is 9.80 Å². The van der Waals surface area contributed by atoms with Crippen molar-refractivity contribution in [3.8, 4) is 11.1 Å². The maximum atomic E-state index is 2.33. The highest BCUT2D eigenvalue weighted by Gasteiger charge is 2.15. The molecule has 0 amide bonds. The van der Waals surface area contributed by atoms with Crippen LogP contribution in [0.3, 0.4) is 0 Å². The third-order valence-corrected chi connectivity index (χ3v) is 11.1. The first-order chi connectivity index (χ1) is 28.4. The second kappa shape index (κ2) is 15.8. The van der Waals surface area contributed by atoms with Crippen molar-refractivity contribution in [2.24, 2.45) is 0 Å². The van der Waals surface area contributed by atoms with Gasteiger partial charge in [0.25, 0.3) is 0 Å². The number of benzene rings is 9. The second-order valence-electron chi connectivity index (χ2n) is 15.4. The maximum absolute atomic E-state index is 2.33. The molecule has 0 heterocycles. The molecule has 9 rings (SSSR count). The zero-order valence-corrected chi connectivity index (χ0v) is 33.5. The summed E-state index contributed by atoms with van der Waals surface area (Å²) in [4.78, 5) is 4.66. The molecule has 2 nitrogen and oxygen atoms in total. The van der Waals surface area contributed by atoms with Gasteiger partial charge in [0.1, 0.15) is 0 Å². The minimum Gasteiger partial charge on any atom is -0.311 e. The fourth-order valence-electron chi connectivity index (χ4n) is 7.87. The molecular formula is C56H46N2. The van der Waals surface area contributed by atoms with Gasteiger partial charge in [-0.25, -0.2) is 0 Å². The van der Waals surface area contributed by atoms with Crippen molar-refractivity contribution in [3.05, 3.63) is 228 Å². The lowest BCUT2D eigenvalue weighted by Gasteiger charge is -2.26. The Kier molecular flexibility index (Phi) is 9.91. The molecular weight excluding hydrogens is 701 g/mol. The predicted octanol–water partition coefficient (Wildman–Crippen LogP) is 16.0. The van der Waals surface area contributed by atoms with E-state index in [0.29, 0.717) is 0 Å². The number of anilines is 6. The van der Waals surface area contributed by atoms with E-state index < -0.39 is 0 Å². The molecule has 0 saturated carbocycles. The smallest absolute Gasteiger partial charge is 0.0468 e. The Morgan fingerprint density at radius 1 is 0.328 bits per heavy atom. The van der Waals surface area contributed by atoms with Gasteiger partial charge in [0, 0.05) is 34.1 Å². The number of rotatable bonds is 9. The van der Waals surface area contributed by atoms with Crippen LogP contribution < -0.4 is 9.80 Å². The van der Waals surface area contributed by atoms with Gasteiger partial charge in [0.05, 0.1) is 0 Å². The minimum atomic E-state index is 1.13. The lowest BCUT2D eigenvalue weighted by Crippen LogP contribution is -2.09. The molecule has 0 atom stereocenters. The molecule has 0 aliphatic rings. The molecule has 0 aromatic heterocycles. The van der Waals surface area contributed by atoms with Crippen molar-refractivity contribution in [3.63, 3.8) is 0 Å². The lowest BCUT2D eigenvalue weighted by molar-refractivity contribution is 1.27. The molecule has 0 bridgehead atoms. The molecule has 2 heteroatoms. The summed E-state index contributed by atoms with van der Waals surface area (Å²) in [5.74, 6) is 0. The van der Waals surface area contributed by atoms with Crippen LogP contribution in [0.2, 0.25) is 0 Å². The summed E-state index contributed by atoms with van der Waals surface area (Å²) in [6.07, 6.45) is 4.49. The molecule has 0 saturated heterocycles. The highest BCUT2D eigenvalue weighted by atomic mass is 15.1. The predicted molar refractivity (Wildman–Crippen MR) is 251 cm³/mol. The normalized spacial score (nSPS) is 11.4. The van der Waals surface area contributed by atoms with Crippen LogP contribution in [0, 0.1) is 27.7 Å². The zero-order valence-electron chi connectivity index (χ0n) is 33.5. The topological polar surface area (TPSA) is 6.48 Å². The summed E-state index contributed by atoms with van der Waals surface area (Å²) in [7, 11) is 0. The van der Waals surface area contributed by atoms with Crippen molar-refractivity contribution in [2.45, 2.75) is 27.7 Å². The van der Waals surface area contributed by atoms with Gasteiger partial charge in [-0.05, 0) is 150 Å². The summed E-state index contributed by atoms with van der Waals surface area (Å²) in [6.45, 7) is 8.53. The van der Waals surface area contributed by atoms with Crippen LogP contribution in [0.5, 0.6) is 0 Å². The third kappa shape index (κ3) is 7.53. The average molecular weight is 747 g/mol. The Balaban J connectivity index is 0.998. The van der Waals surface area contributed by atoms with Crippen LogP contribution in [0.4, 0.5) is 34.1 Å². The lowest BCUT2D eigenvalue weighted by atomic mass is 9.95. The molecule has 0 aliphatic carbocycles. The number of fused-ring (bicyclic) bond motifs is 2. The van der Waals surface area contributed by atoms with Gasteiger partial charge in [0.2, 0.25) is 0 Å². The van der Waals surface area contributed by atoms with Gasteiger partial charge in [0.15, 0.2) is 0 Å². The van der Waals surface area contributed by atoms with E-state index in [1.54, 1.807) is 0 Å². The summed E-state index contributed by atoms with van der Waals surface area (Å²) < 4.78 is 0. The van der Waals surface area contributed by atoms with Gasteiger partial charge in [-0.2, -0.15) is 0 Å². The number of hydrogen-bond acceptors (Lipinski definition) is 2. The van der Waals surface area contributed by atoms with Crippen molar-refractivity contribution >= 4 is 67.8 Å². The van der Waals surface area contributed by atoms with E-state index in [0.717, 1.165) is 34.1 Å². The van der Waals surface area contributed by atoms with E-state index in [1.807, 2.05) is 0 Å². The molecule has 0 unspecified atom stereocenters. The van der Waals surface area contributed by atoms with Crippen LogP contribution in [0.15, 0.2) is 194 Å². The Morgan fingerprint density at radius 3 is 1.28 bits per heavy atom. The maximum Gasteiger partial charge on any atom is 0.0468 e. The van der Waals surface area contributed by atoms with E-state index in [9.17, 15) is 0 Å². The fraction of sp³-hybridized carbons (Fsp3) is 0.0714. The molecule has 0 fully saturated rings. The SMILES string of the molecule is Cc1ccc(N(c2ccc(C)cc2)c2ccc(-c3cccc4c(/C=C/c5ccc6cc(N(c7ccc(C)cc7)c7ccc(C)cc7)ccc6c5)cccc34)cc2)cc1. The largest absolute Gasteiger partial charge is 0.311 e. The fourth-order valence-corrected chi connectivity index (χ4v) is 7.87. The van der Waals surface area contributed by atoms with E-state index in [1.165, 1.54) is 66.1 Å². The summed E-state index contributed by atoms with van der Waals surface area (Å²) in [6, 6.07) is 70.8. The first kappa shape index (κ1) is 36.5. The highest BCUT2D eigenvalue weighted by molar-refractivity contribution is 6.02. The van der Waals surface area contributed by atoms with Gasteiger partial charge < -0.3 is 9.80 Å². The Morgan fingerprint density at radius 2 is 0.741 bits per heavy atom. The first-order valence-corrected chi connectivity index (χ1v) is 20.1. The quantitative estimate of drug-likeness (QED) is 0.136. The molecule has 280 valence electrons. The van der Waals surface area contributed by atoms with Crippen LogP contribution in [0.1, 0.15) is 33.4 Å². The standard InChI is InChI=1S/C56H46N2/c1-39-11-26-48(27-12-39)57(49-28-13-40(2)14-29-49)52-34-23-45(24-35-52)55-9-6-8-54-44(7-5-10-56(54)55)21-19-43-20-22-47-38-53(36-25-46(47)37-43)58(50-30-15-41(3)16-31-50)51-32-17-42(4)18-33-51/h5-38H,1-4H3/b21-19+. The summed E-state index contributed by atoms with van der Waals surface area (Å²) in [5, 5.41) is 4.90. The molecule has 9 aromatic carbocycles. The zero-order chi connectivity index (χ0) is 39.6. The van der Waals surface area contributed by atoms with Gasteiger partial charge in [-0.3, -0.25) is 0 Å². The van der Waals surface area contributed by atoms with Crippen molar-refractivity contribution in [1.82, 2.24) is 0 Å². The van der Waals surface area contributed by atoms with Gasteiger partial charge in [-0.15, -0.1) is 0 Å². The van der Waals surface area contributed by atoms with E-state index >= 15 is 0 Å². The average Bonchev–Trinajstić information content (AvgIpc) is 3.26. The van der Waals surface area contributed by atoms with Crippen LogP contribution in [0.25, 0.3) is 44.8 Å².